The Morgan fingerprint density at radius 3 is 2.33 bits per heavy atom. The third-order valence-corrected chi connectivity index (χ3v) is 4.14. The second-order valence-corrected chi connectivity index (χ2v) is 6.48. The molecular formula is C17H19BrN2S. The van der Waals surface area contributed by atoms with Gasteiger partial charge in [0.15, 0.2) is 5.11 Å². The van der Waals surface area contributed by atoms with E-state index in [4.69, 9.17) is 12.2 Å². The van der Waals surface area contributed by atoms with Gasteiger partial charge in [-0.15, -0.1) is 0 Å². The second kappa shape index (κ2) is 7.05. The number of nitrogens with one attached hydrogen (secondary N) is 2. The van der Waals surface area contributed by atoms with Crippen LogP contribution in [-0.4, -0.2) is 5.11 Å². The van der Waals surface area contributed by atoms with Gasteiger partial charge in [0.05, 0.1) is 6.04 Å². The van der Waals surface area contributed by atoms with Crippen molar-refractivity contribution in [2.24, 2.45) is 0 Å². The molecule has 0 saturated heterocycles. The van der Waals surface area contributed by atoms with E-state index in [9.17, 15) is 0 Å². The first-order valence-corrected chi connectivity index (χ1v) is 8.06. The zero-order chi connectivity index (χ0) is 15.4. The summed E-state index contributed by atoms with van der Waals surface area (Å²) >= 11 is 8.97. The quantitative estimate of drug-likeness (QED) is 0.741. The van der Waals surface area contributed by atoms with Gasteiger partial charge in [0.2, 0.25) is 0 Å². The normalized spacial score (nSPS) is 11.8. The molecule has 0 aliphatic heterocycles. The Bertz CT molecular complexity index is 635. The van der Waals surface area contributed by atoms with Crippen LogP contribution in [0, 0.1) is 13.8 Å². The number of hydrogen-bond donors (Lipinski definition) is 2. The smallest absolute Gasteiger partial charge is 0.171 e. The summed E-state index contributed by atoms with van der Waals surface area (Å²) in [6.07, 6.45) is 0. The number of hydrogen-bond acceptors (Lipinski definition) is 1. The first-order chi connectivity index (χ1) is 9.95. The third kappa shape index (κ3) is 4.55. The van der Waals surface area contributed by atoms with Crippen LogP contribution in [0.4, 0.5) is 5.69 Å². The summed E-state index contributed by atoms with van der Waals surface area (Å²) < 4.78 is 1.08. The lowest BCUT2D eigenvalue weighted by molar-refractivity contribution is 0.719. The van der Waals surface area contributed by atoms with E-state index >= 15 is 0 Å². The molecule has 0 radical (unpaired) electrons. The van der Waals surface area contributed by atoms with Crippen molar-refractivity contribution in [1.82, 2.24) is 5.32 Å². The molecule has 2 rings (SSSR count). The molecule has 0 spiro atoms. The average Bonchev–Trinajstić information content (AvgIpc) is 2.37. The summed E-state index contributed by atoms with van der Waals surface area (Å²) in [5, 5.41) is 7.19. The summed E-state index contributed by atoms with van der Waals surface area (Å²) in [6, 6.07) is 14.6. The topological polar surface area (TPSA) is 24.1 Å². The molecule has 2 N–H and O–H groups in total. The molecular weight excluding hydrogens is 344 g/mol. The summed E-state index contributed by atoms with van der Waals surface area (Å²) in [7, 11) is 0. The van der Waals surface area contributed by atoms with Gasteiger partial charge < -0.3 is 10.6 Å². The van der Waals surface area contributed by atoms with E-state index in [0.29, 0.717) is 5.11 Å². The first kappa shape index (κ1) is 16.0. The summed E-state index contributed by atoms with van der Waals surface area (Å²) in [6.45, 7) is 6.26. The van der Waals surface area contributed by atoms with Gasteiger partial charge in [-0.2, -0.15) is 0 Å². The SMILES string of the molecule is Cc1cc(C)cc(NC(=S)N[C@H](C)c2ccccc2Br)c1. The second-order valence-electron chi connectivity index (χ2n) is 5.22. The van der Waals surface area contributed by atoms with Crippen LogP contribution in [0.5, 0.6) is 0 Å². The fourth-order valence-electron chi connectivity index (χ4n) is 2.31. The molecule has 2 aromatic rings. The summed E-state index contributed by atoms with van der Waals surface area (Å²) in [5.41, 5.74) is 4.64. The molecule has 0 unspecified atom stereocenters. The van der Waals surface area contributed by atoms with Crippen molar-refractivity contribution in [3.8, 4) is 0 Å². The molecule has 21 heavy (non-hydrogen) atoms. The minimum atomic E-state index is 0.131. The first-order valence-electron chi connectivity index (χ1n) is 6.86. The predicted octanol–water partition coefficient (Wildman–Crippen LogP) is 5.11. The van der Waals surface area contributed by atoms with Crippen LogP contribution in [-0.2, 0) is 0 Å². The lowest BCUT2D eigenvalue weighted by atomic mass is 10.1. The molecule has 4 heteroatoms. The van der Waals surface area contributed by atoms with Gasteiger partial charge in [-0.05, 0) is 67.9 Å². The monoisotopic (exact) mass is 362 g/mol. The number of anilines is 1. The van der Waals surface area contributed by atoms with E-state index in [1.54, 1.807) is 0 Å². The number of rotatable bonds is 3. The fraction of sp³-hybridized carbons (Fsp3) is 0.235. The van der Waals surface area contributed by atoms with Crippen molar-refractivity contribution >= 4 is 38.9 Å². The Balaban J connectivity index is 2.03. The third-order valence-electron chi connectivity index (χ3n) is 3.20. The van der Waals surface area contributed by atoms with Crippen molar-refractivity contribution in [3.05, 3.63) is 63.6 Å². The van der Waals surface area contributed by atoms with Gasteiger partial charge in [-0.3, -0.25) is 0 Å². The fourth-order valence-corrected chi connectivity index (χ4v) is 3.24. The Morgan fingerprint density at radius 1 is 1.10 bits per heavy atom. The molecule has 0 fully saturated rings. The highest BCUT2D eigenvalue weighted by Gasteiger charge is 2.10. The average molecular weight is 363 g/mol. The van der Waals surface area contributed by atoms with Crippen LogP contribution in [0.1, 0.15) is 29.7 Å². The van der Waals surface area contributed by atoms with Crippen LogP contribution < -0.4 is 10.6 Å². The Kier molecular flexibility index (Phi) is 5.37. The molecule has 110 valence electrons. The largest absolute Gasteiger partial charge is 0.356 e. The number of benzene rings is 2. The van der Waals surface area contributed by atoms with E-state index in [1.165, 1.54) is 16.7 Å². The van der Waals surface area contributed by atoms with Gasteiger partial charge in [-0.1, -0.05) is 40.2 Å². The van der Waals surface area contributed by atoms with Crippen LogP contribution >= 0.6 is 28.1 Å². The van der Waals surface area contributed by atoms with Crippen molar-refractivity contribution in [2.45, 2.75) is 26.8 Å². The maximum absolute atomic E-state index is 5.40. The summed E-state index contributed by atoms with van der Waals surface area (Å²) in [4.78, 5) is 0. The number of halogens is 1. The Hall–Kier alpha value is -1.39. The van der Waals surface area contributed by atoms with E-state index < -0.39 is 0 Å². The molecule has 0 saturated carbocycles. The maximum atomic E-state index is 5.40. The van der Waals surface area contributed by atoms with Crippen LogP contribution in [0.15, 0.2) is 46.9 Å². The zero-order valence-corrected chi connectivity index (χ0v) is 14.8. The van der Waals surface area contributed by atoms with E-state index in [1.807, 2.05) is 18.2 Å². The predicted molar refractivity (Wildman–Crippen MR) is 97.8 cm³/mol. The molecule has 2 aromatic carbocycles. The molecule has 2 nitrogen and oxygen atoms in total. The van der Waals surface area contributed by atoms with Gasteiger partial charge in [0.1, 0.15) is 0 Å². The summed E-state index contributed by atoms with van der Waals surface area (Å²) in [5.74, 6) is 0. The van der Waals surface area contributed by atoms with Crippen molar-refractivity contribution in [2.75, 3.05) is 5.32 Å². The Morgan fingerprint density at radius 2 is 1.71 bits per heavy atom. The molecule has 0 aliphatic carbocycles. The van der Waals surface area contributed by atoms with E-state index in [-0.39, 0.29) is 6.04 Å². The molecule has 0 amide bonds. The lowest BCUT2D eigenvalue weighted by Gasteiger charge is -2.19. The van der Waals surface area contributed by atoms with Crippen LogP contribution in [0.3, 0.4) is 0 Å². The van der Waals surface area contributed by atoms with Gasteiger partial charge in [0.25, 0.3) is 0 Å². The van der Waals surface area contributed by atoms with Gasteiger partial charge in [-0.25, -0.2) is 0 Å². The highest BCUT2D eigenvalue weighted by molar-refractivity contribution is 9.10. The van der Waals surface area contributed by atoms with Gasteiger partial charge >= 0.3 is 0 Å². The molecule has 1 atom stereocenters. The standard InChI is InChI=1S/C17H19BrN2S/c1-11-8-12(2)10-14(9-11)20-17(21)19-13(3)15-6-4-5-7-16(15)18/h4-10,13H,1-3H3,(H2,19,20,21)/t13-/m1/s1. The number of aryl methyl sites for hydroxylation is 2. The van der Waals surface area contributed by atoms with E-state index in [2.05, 4.69) is 71.6 Å². The van der Waals surface area contributed by atoms with Crippen LogP contribution in [0.2, 0.25) is 0 Å². The molecule has 0 heterocycles. The van der Waals surface area contributed by atoms with Crippen molar-refractivity contribution in [3.63, 3.8) is 0 Å². The Labute approximate surface area is 140 Å². The highest BCUT2D eigenvalue weighted by Crippen LogP contribution is 2.23. The zero-order valence-electron chi connectivity index (χ0n) is 12.4. The minimum Gasteiger partial charge on any atom is -0.356 e. The van der Waals surface area contributed by atoms with Crippen molar-refractivity contribution < 1.29 is 0 Å². The van der Waals surface area contributed by atoms with Crippen LogP contribution in [0.25, 0.3) is 0 Å². The molecule has 0 aromatic heterocycles. The molecule has 0 bridgehead atoms. The maximum Gasteiger partial charge on any atom is 0.171 e. The minimum absolute atomic E-state index is 0.131. The molecule has 0 aliphatic rings. The lowest BCUT2D eigenvalue weighted by Crippen LogP contribution is -2.31. The number of thiocarbonyl (C=S) groups is 1. The highest BCUT2D eigenvalue weighted by atomic mass is 79.9. The van der Waals surface area contributed by atoms with Gasteiger partial charge in [0, 0.05) is 10.2 Å². The van der Waals surface area contributed by atoms with E-state index in [0.717, 1.165) is 10.2 Å². The van der Waals surface area contributed by atoms with Crippen molar-refractivity contribution in [1.29, 1.82) is 0 Å².